The lowest BCUT2D eigenvalue weighted by molar-refractivity contribution is 0.790. The van der Waals surface area contributed by atoms with Crippen molar-refractivity contribution in [2.75, 3.05) is 0 Å². The first-order chi connectivity index (χ1) is 4.46. The minimum Gasteiger partial charge on any atom is -0.0995 e. The van der Waals surface area contributed by atoms with Crippen molar-refractivity contribution in [3.8, 4) is 0 Å². The number of hydrogen-bond acceptors (Lipinski definition) is 0. The molecule has 0 saturated heterocycles. The molecule has 0 aromatic rings. The summed E-state index contributed by atoms with van der Waals surface area (Å²) in [4.78, 5) is 0. The van der Waals surface area contributed by atoms with Crippen molar-refractivity contribution in [1.29, 1.82) is 0 Å². The van der Waals surface area contributed by atoms with Crippen LogP contribution in [0.2, 0.25) is 0 Å². The highest BCUT2D eigenvalue weighted by Gasteiger charge is 2.04. The van der Waals surface area contributed by atoms with E-state index >= 15 is 0 Å². The van der Waals surface area contributed by atoms with E-state index in [1.165, 1.54) is 16.7 Å². The average molecular weight is 138 g/mol. The Labute approximate surface area is 64.6 Å². The Morgan fingerprint density at radius 2 is 1.50 bits per heavy atom. The summed E-state index contributed by atoms with van der Waals surface area (Å²) in [5.41, 5.74) is 4.11. The van der Waals surface area contributed by atoms with Crippen LogP contribution in [0.25, 0.3) is 0 Å². The van der Waals surface area contributed by atoms with E-state index in [1.54, 1.807) is 0 Å². The monoisotopic (exact) mass is 138 g/mol. The van der Waals surface area contributed by atoms with Gasteiger partial charge in [0.05, 0.1) is 0 Å². The topological polar surface area (TPSA) is 0 Å². The zero-order valence-electron chi connectivity index (χ0n) is 7.78. The van der Waals surface area contributed by atoms with Crippen LogP contribution < -0.4 is 0 Å². The van der Waals surface area contributed by atoms with E-state index < -0.39 is 0 Å². The molecule has 0 nitrogen and oxygen atoms in total. The molecule has 10 heavy (non-hydrogen) atoms. The van der Waals surface area contributed by atoms with Crippen LogP contribution in [-0.4, -0.2) is 0 Å². The Balaban J connectivity index is 4.37. The van der Waals surface area contributed by atoms with Gasteiger partial charge >= 0.3 is 0 Å². The van der Waals surface area contributed by atoms with E-state index in [0.29, 0.717) is 5.92 Å². The maximum Gasteiger partial charge on any atom is -0.00272 e. The summed E-state index contributed by atoms with van der Waals surface area (Å²) in [6.07, 6.45) is 0. The zero-order chi connectivity index (χ0) is 8.31. The predicted molar refractivity (Wildman–Crippen MR) is 48.0 cm³/mol. The summed E-state index contributed by atoms with van der Waals surface area (Å²) in [5.74, 6) is 0.546. The second kappa shape index (κ2) is 3.60. The van der Waals surface area contributed by atoms with Crippen molar-refractivity contribution < 1.29 is 0 Å². The van der Waals surface area contributed by atoms with Gasteiger partial charge in [0.15, 0.2) is 0 Å². The fourth-order valence-corrected chi connectivity index (χ4v) is 0.803. The summed E-state index contributed by atoms with van der Waals surface area (Å²) in [6.45, 7) is 14.7. The minimum atomic E-state index is 0.546. The molecule has 0 saturated carbocycles. The maximum absolute atomic E-state index is 3.92. The molecule has 0 amide bonds. The Morgan fingerprint density at radius 3 is 1.60 bits per heavy atom. The lowest BCUT2D eigenvalue weighted by Crippen LogP contribution is -1.98. The largest absolute Gasteiger partial charge is 0.0995 e. The Bertz CT molecular complexity index is 157. The van der Waals surface area contributed by atoms with Crippen LogP contribution in [0.5, 0.6) is 0 Å². The highest BCUT2D eigenvalue weighted by Crippen LogP contribution is 2.19. The van der Waals surface area contributed by atoms with Crippen LogP contribution in [0.4, 0.5) is 0 Å². The van der Waals surface area contributed by atoms with Crippen LogP contribution >= 0.6 is 0 Å². The molecule has 0 bridgehead atoms. The Morgan fingerprint density at radius 1 is 1.10 bits per heavy atom. The molecular weight excluding hydrogens is 120 g/mol. The van der Waals surface area contributed by atoms with Crippen LogP contribution in [0.1, 0.15) is 34.6 Å². The highest BCUT2D eigenvalue weighted by molar-refractivity contribution is 5.18. The van der Waals surface area contributed by atoms with Gasteiger partial charge in [0.2, 0.25) is 0 Å². The maximum atomic E-state index is 3.92. The number of hydrogen-bond donors (Lipinski definition) is 0. The average Bonchev–Trinajstić information content (AvgIpc) is 1.84. The van der Waals surface area contributed by atoms with Gasteiger partial charge in [0, 0.05) is 0 Å². The van der Waals surface area contributed by atoms with Crippen molar-refractivity contribution in [1.82, 2.24) is 0 Å². The first-order valence-corrected chi connectivity index (χ1v) is 3.76. The molecule has 0 spiro atoms. The summed E-state index contributed by atoms with van der Waals surface area (Å²) in [7, 11) is 0. The quantitative estimate of drug-likeness (QED) is 0.512. The first kappa shape index (κ1) is 9.48. The lowest BCUT2D eigenvalue weighted by Gasteiger charge is -2.13. The lowest BCUT2D eigenvalue weighted by atomic mass is 9.93. The third-order valence-corrected chi connectivity index (χ3v) is 2.18. The number of allylic oxidation sites excluding steroid dienone is 3. The summed E-state index contributed by atoms with van der Waals surface area (Å²) < 4.78 is 0. The van der Waals surface area contributed by atoms with Crippen LogP contribution in [0.3, 0.4) is 0 Å². The highest BCUT2D eigenvalue weighted by atomic mass is 14.1. The molecule has 1 atom stereocenters. The molecule has 0 N–H and O–H groups in total. The summed E-state index contributed by atoms with van der Waals surface area (Å²) in [6, 6.07) is 0. The molecule has 0 aliphatic heterocycles. The van der Waals surface area contributed by atoms with Gasteiger partial charge in [-0.1, -0.05) is 30.2 Å². The van der Waals surface area contributed by atoms with Crippen molar-refractivity contribution in [2.24, 2.45) is 5.92 Å². The van der Waals surface area contributed by atoms with Gasteiger partial charge in [0.25, 0.3) is 0 Å². The zero-order valence-corrected chi connectivity index (χ0v) is 7.78. The minimum absolute atomic E-state index is 0.546. The van der Waals surface area contributed by atoms with E-state index in [4.69, 9.17) is 0 Å². The van der Waals surface area contributed by atoms with Gasteiger partial charge in [-0.25, -0.2) is 0 Å². The van der Waals surface area contributed by atoms with Gasteiger partial charge in [-0.05, 0) is 33.6 Å². The second-order valence-corrected chi connectivity index (χ2v) is 3.25. The molecule has 0 aromatic carbocycles. The first-order valence-electron chi connectivity index (χ1n) is 3.76. The molecule has 58 valence electrons. The normalized spacial score (nSPS) is 12.5. The Hall–Kier alpha value is -0.520. The smallest absolute Gasteiger partial charge is 0.00272 e. The molecule has 0 aliphatic rings. The molecule has 0 radical (unpaired) electrons. The van der Waals surface area contributed by atoms with Crippen LogP contribution in [0, 0.1) is 5.92 Å². The van der Waals surface area contributed by atoms with Gasteiger partial charge in [-0.2, -0.15) is 0 Å². The SMILES string of the molecule is C=C(C)C(C)C(C)=C(C)C. The van der Waals surface area contributed by atoms with Crippen LogP contribution in [0.15, 0.2) is 23.3 Å². The Kier molecular flexibility index (Phi) is 3.41. The molecule has 0 rings (SSSR count). The van der Waals surface area contributed by atoms with Gasteiger partial charge in [-0.15, -0.1) is 0 Å². The van der Waals surface area contributed by atoms with E-state index in [9.17, 15) is 0 Å². The third-order valence-electron chi connectivity index (χ3n) is 2.18. The second-order valence-electron chi connectivity index (χ2n) is 3.25. The molecule has 0 aromatic heterocycles. The summed E-state index contributed by atoms with van der Waals surface area (Å²) >= 11 is 0. The molecular formula is C10H18. The molecule has 0 heterocycles. The molecule has 1 unspecified atom stereocenters. The molecule has 0 fully saturated rings. The van der Waals surface area contributed by atoms with E-state index in [2.05, 4.69) is 41.2 Å². The fraction of sp³-hybridized carbons (Fsp3) is 0.600. The predicted octanol–water partition coefficient (Wildman–Crippen LogP) is 3.55. The van der Waals surface area contributed by atoms with E-state index in [0.717, 1.165) is 0 Å². The van der Waals surface area contributed by atoms with Gasteiger partial charge in [-0.3, -0.25) is 0 Å². The van der Waals surface area contributed by atoms with Crippen molar-refractivity contribution in [3.05, 3.63) is 23.3 Å². The summed E-state index contributed by atoms with van der Waals surface area (Å²) in [5, 5.41) is 0. The molecule has 0 heteroatoms. The van der Waals surface area contributed by atoms with Gasteiger partial charge < -0.3 is 0 Å². The standard InChI is InChI=1S/C10H18/c1-7(2)9(5)10(6)8(3)4/h9H,1H2,2-6H3. The number of rotatable bonds is 2. The van der Waals surface area contributed by atoms with Crippen molar-refractivity contribution >= 4 is 0 Å². The van der Waals surface area contributed by atoms with Crippen molar-refractivity contribution in [2.45, 2.75) is 34.6 Å². The van der Waals surface area contributed by atoms with E-state index in [1.807, 2.05) is 0 Å². The van der Waals surface area contributed by atoms with E-state index in [-0.39, 0.29) is 0 Å². The van der Waals surface area contributed by atoms with Crippen LogP contribution in [-0.2, 0) is 0 Å². The molecule has 0 aliphatic carbocycles. The van der Waals surface area contributed by atoms with Crippen molar-refractivity contribution in [3.63, 3.8) is 0 Å². The van der Waals surface area contributed by atoms with Gasteiger partial charge in [0.1, 0.15) is 0 Å². The fourth-order valence-electron chi connectivity index (χ4n) is 0.803. The third kappa shape index (κ3) is 2.38.